The molecule has 2 aromatic heterocycles. The van der Waals surface area contributed by atoms with Crippen LogP contribution in [-0.2, 0) is 18.3 Å². The molecule has 2 heterocycles. The first-order valence-electron chi connectivity index (χ1n) is 7.47. The van der Waals surface area contributed by atoms with E-state index >= 15 is 0 Å². The molecule has 0 bridgehead atoms. The molecule has 1 N–H and O–H groups in total. The quantitative estimate of drug-likeness (QED) is 0.724. The molecule has 24 heavy (non-hydrogen) atoms. The molecule has 0 aliphatic carbocycles. The monoisotopic (exact) mass is 324 g/mol. The summed E-state index contributed by atoms with van der Waals surface area (Å²) in [6.07, 6.45) is 2.02. The Kier molecular flexibility index (Phi) is 4.29. The van der Waals surface area contributed by atoms with Crippen molar-refractivity contribution < 1.29 is 14.0 Å². The number of fused-ring (bicyclic) bond motifs is 1. The number of hydrogen-bond acceptors (Lipinski definition) is 4. The second-order valence-corrected chi connectivity index (χ2v) is 5.46. The van der Waals surface area contributed by atoms with E-state index in [1.54, 1.807) is 24.3 Å². The van der Waals surface area contributed by atoms with Crippen molar-refractivity contribution in [2.24, 2.45) is 7.05 Å². The van der Waals surface area contributed by atoms with Crippen molar-refractivity contribution in [1.29, 1.82) is 0 Å². The van der Waals surface area contributed by atoms with E-state index in [0.717, 1.165) is 11.8 Å². The Bertz CT molecular complexity index is 968. The van der Waals surface area contributed by atoms with E-state index in [4.69, 9.17) is 4.42 Å². The van der Waals surface area contributed by atoms with Crippen LogP contribution < -0.4 is 10.7 Å². The lowest BCUT2D eigenvalue weighted by Gasteiger charge is -2.06. The minimum Gasteiger partial charge on any atom is -0.453 e. The van der Waals surface area contributed by atoms with E-state index in [0.29, 0.717) is 11.0 Å². The zero-order chi connectivity index (χ0) is 17.1. The Morgan fingerprint density at radius 3 is 2.71 bits per heavy atom. The van der Waals surface area contributed by atoms with Crippen molar-refractivity contribution in [3.63, 3.8) is 0 Å². The average Bonchev–Trinajstić information content (AvgIpc) is 2.97. The van der Waals surface area contributed by atoms with E-state index in [2.05, 4.69) is 5.32 Å². The fraction of sp³-hybridized carbons (Fsp3) is 0.167. The number of Topliss-reactive ketones (excluding diaryl/α,β-unsaturated/α-hetero) is 1. The van der Waals surface area contributed by atoms with Crippen LogP contribution in [0.3, 0.4) is 0 Å². The molecular formula is C18H16N2O4. The van der Waals surface area contributed by atoms with E-state index < -0.39 is 5.78 Å². The van der Waals surface area contributed by atoms with Gasteiger partial charge in [-0.3, -0.25) is 14.4 Å². The Morgan fingerprint density at radius 2 is 1.96 bits per heavy atom. The number of nitrogens with one attached hydrogen (secondary N) is 1. The van der Waals surface area contributed by atoms with Crippen molar-refractivity contribution in [2.45, 2.75) is 6.42 Å². The van der Waals surface area contributed by atoms with E-state index in [1.165, 1.54) is 0 Å². The van der Waals surface area contributed by atoms with Crippen LogP contribution >= 0.6 is 0 Å². The van der Waals surface area contributed by atoms with Gasteiger partial charge >= 0.3 is 0 Å². The highest BCUT2D eigenvalue weighted by Gasteiger charge is 2.14. The zero-order valence-corrected chi connectivity index (χ0v) is 13.1. The molecule has 0 saturated carbocycles. The van der Waals surface area contributed by atoms with Gasteiger partial charge in [0.05, 0.1) is 18.4 Å². The summed E-state index contributed by atoms with van der Waals surface area (Å²) in [7, 11) is 1.84. The third kappa shape index (κ3) is 3.27. The average molecular weight is 324 g/mol. The highest BCUT2D eigenvalue weighted by molar-refractivity contribution is 5.98. The summed E-state index contributed by atoms with van der Waals surface area (Å²) in [5, 5.41) is 2.97. The molecule has 6 heteroatoms. The lowest BCUT2D eigenvalue weighted by molar-refractivity contribution is -0.120. The largest absolute Gasteiger partial charge is 0.453 e. The molecule has 0 aliphatic rings. The van der Waals surface area contributed by atoms with E-state index in [-0.39, 0.29) is 30.1 Å². The third-order valence-electron chi connectivity index (χ3n) is 3.75. The maximum atomic E-state index is 12.2. The molecule has 0 fully saturated rings. The van der Waals surface area contributed by atoms with Gasteiger partial charge in [0, 0.05) is 25.0 Å². The van der Waals surface area contributed by atoms with Gasteiger partial charge in [-0.05, 0) is 24.3 Å². The zero-order valence-electron chi connectivity index (χ0n) is 13.1. The van der Waals surface area contributed by atoms with Crippen LogP contribution in [-0.4, -0.2) is 22.8 Å². The first-order chi connectivity index (χ1) is 11.5. The molecule has 3 rings (SSSR count). The fourth-order valence-electron chi connectivity index (χ4n) is 2.41. The Labute approximate surface area is 137 Å². The smallest absolute Gasteiger partial charge is 0.226 e. The maximum Gasteiger partial charge on any atom is 0.226 e. The summed E-state index contributed by atoms with van der Waals surface area (Å²) in [5.41, 5.74) is 0.913. The van der Waals surface area contributed by atoms with Gasteiger partial charge in [-0.15, -0.1) is 0 Å². The van der Waals surface area contributed by atoms with Gasteiger partial charge in [-0.25, -0.2) is 0 Å². The van der Waals surface area contributed by atoms with E-state index in [1.807, 2.05) is 29.9 Å². The Balaban J connectivity index is 1.68. The summed E-state index contributed by atoms with van der Waals surface area (Å²) in [6, 6.07) is 11.6. The maximum absolute atomic E-state index is 12.2. The predicted molar refractivity (Wildman–Crippen MR) is 88.9 cm³/mol. The molecule has 0 aliphatic heterocycles. The fourth-order valence-corrected chi connectivity index (χ4v) is 2.41. The summed E-state index contributed by atoms with van der Waals surface area (Å²) in [4.78, 5) is 36.1. The minimum atomic E-state index is -0.446. The number of benzene rings is 1. The van der Waals surface area contributed by atoms with Gasteiger partial charge < -0.3 is 14.3 Å². The van der Waals surface area contributed by atoms with Crippen LogP contribution in [0, 0.1) is 0 Å². The van der Waals surface area contributed by atoms with Crippen LogP contribution in [0.4, 0.5) is 0 Å². The SMILES string of the molecule is Cn1cccc1CC(=O)NCC(=O)c1cc(=O)c2ccccc2o1. The molecule has 0 spiro atoms. The van der Waals surface area contributed by atoms with Crippen molar-refractivity contribution in [1.82, 2.24) is 9.88 Å². The topological polar surface area (TPSA) is 81.3 Å². The number of para-hydroxylation sites is 1. The number of ketones is 1. The standard InChI is InChI=1S/C18H16N2O4/c1-20-8-4-5-12(20)9-18(23)19-11-15(22)17-10-14(21)13-6-2-3-7-16(13)24-17/h2-8,10H,9,11H2,1H3,(H,19,23). The molecule has 0 unspecified atom stereocenters. The highest BCUT2D eigenvalue weighted by atomic mass is 16.3. The molecule has 1 aromatic carbocycles. The van der Waals surface area contributed by atoms with Crippen LogP contribution in [0.25, 0.3) is 11.0 Å². The van der Waals surface area contributed by atoms with Crippen molar-refractivity contribution in [2.75, 3.05) is 6.54 Å². The molecular weight excluding hydrogens is 308 g/mol. The number of hydrogen-bond donors (Lipinski definition) is 1. The van der Waals surface area contributed by atoms with Crippen LogP contribution in [0.1, 0.15) is 16.2 Å². The van der Waals surface area contributed by atoms with Crippen molar-refractivity contribution >= 4 is 22.7 Å². The Hall–Kier alpha value is -3.15. The summed E-state index contributed by atoms with van der Waals surface area (Å²) in [5.74, 6) is -0.774. The summed E-state index contributed by atoms with van der Waals surface area (Å²) in [6.45, 7) is -0.218. The number of nitrogens with zero attached hydrogens (tertiary/aromatic N) is 1. The normalized spacial score (nSPS) is 10.7. The summed E-state index contributed by atoms with van der Waals surface area (Å²) >= 11 is 0. The number of carbonyl (C=O) groups is 2. The molecule has 0 radical (unpaired) electrons. The Morgan fingerprint density at radius 1 is 1.17 bits per heavy atom. The van der Waals surface area contributed by atoms with Crippen LogP contribution in [0.2, 0.25) is 0 Å². The van der Waals surface area contributed by atoms with Gasteiger partial charge in [0.1, 0.15) is 5.58 Å². The number of aromatic nitrogens is 1. The second-order valence-electron chi connectivity index (χ2n) is 5.46. The van der Waals surface area contributed by atoms with Gasteiger partial charge in [-0.1, -0.05) is 12.1 Å². The number of amides is 1. The molecule has 0 saturated heterocycles. The molecule has 0 atom stereocenters. The number of carbonyl (C=O) groups excluding carboxylic acids is 2. The van der Waals surface area contributed by atoms with Crippen LogP contribution in [0.15, 0.2) is 57.9 Å². The minimum absolute atomic E-state index is 0.0575. The van der Waals surface area contributed by atoms with Gasteiger partial charge in [0.25, 0.3) is 0 Å². The first-order valence-corrected chi connectivity index (χ1v) is 7.47. The van der Waals surface area contributed by atoms with Gasteiger partial charge in [0.2, 0.25) is 11.7 Å². The number of rotatable bonds is 5. The van der Waals surface area contributed by atoms with Gasteiger partial charge in [0.15, 0.2) is 11.2 Å². The third-order valence-corrected chi connectivity index (χ3v) is 3.75. The van der Waals surface area contributed by atoms with Crippen LogP contribution in [0.5, 0.6) is 0 Å². The predicted octanol–water partition coefficient (Wildman–Crippen LogP) is 1.67. The number of aryl methyl sites for hydroxylation is 1. The molecule has 6 nitrogen and oxygen atoms in total. The first kappa shape index (κ1) is 15.7. The molecule has 1 amide bonds. The highest BCUT2D eigenvalue weighted by Crippen LogP contribution is 2.11. The lowest BCUT2D eigenvalue weighted by Crippen LogP contribution is -2.31. The molecule has 122 valence electrons. The second kappa shape index (κ2) is 6.54. The van der Waals surface area contributed by atoms with Crippen molar-refractivity contribution in [3.8, 4) is 0 Å². The van der Waals surface area contributed by atoms with E-state index in [9.17, 15) is 14.4 Å². The summed E-state index contributed by atoms with van der Waals surface area (Å²) < 4.78 is 7.29. The van der Waals surface area contributed by atoms with Crippen molar-refractivity contribution in [3.05, 3.63) is 70.3 Å². The molecule has 3 aromatic rings. The van der Waals surface area contributed by atoms with Gasteiger partial charge in [-0.2, -0.15) is 0 Å². The lowest BCUT2D eigenvalue weighted by atomic mass is 10.2.